The van der Waals surface area contributed by atoms with E-state index in [1.807, 2.05) is 0 Å². The summed E-state index contributed by atoms with van der Waals surface area (Å²) in [6.45, 7) is 0.276. The van der Waals surface area contributed by atoms with Gasteiger partial charge in [0.05, 0.1) is 15.5 Å². The number of sulfonamides is 1. The molecular formula is C20H19ClFNO5S. The summed E-state index contributed by atoms with van der Waals surface area (Å²) in [5.41, 5.74) is 0.0448. The van der Waals surface area contributed by atoms with Crippen molar-refractivity contribution in [3.63, 3.8) is 0 Å². The summed E-state index contributed by atoms with van der Waals surface area (Å²) in [6, 6.07) is 8.64. The topological polar surface area (TPSA) is 80.8 Å². The minimum atomic E-state index is -3.75. The fraction of sp³-hybridized carbons (Fsp3) is 0.300. The van der Waals surface area contributed by atoms with Crippen LogP contribution in [0.1, 0.15) is 40.0 Å². The molecule has 0 spiro atoms. The molecule has 9 heteroatoms. The van der Waals surface area contributed by atoms with Crippen molar-refractivity contribution in [2.24, 2.45) is 0 Å². The third-order valence-corrected chi connectivity index (χ3v) is 6.84. The van der Waals surface area contributed by atoms with Gasteiger partial charge in [-0.3, -0.25) is 4.79 Å². The van der Waals surface area contributed by atoms with Crippen LogP contribution in [0.4, 0.5) is 4.39 Å². The van der Waals surface area contributed by atoms with Crippen LogP contribution in [0, 0.1) is 5.82 Å². The summed E-state index contributed by atoms with van der Waals surface area (Å²) >= 11 is 6.04. The van der Waals surface area contributed by atoms with Gasteiger partial charge in [-0.05, 0) is 55.3 Å². The Hall–Kier alpha value is -2.29. The van der Waals surface area contributed by atoms with Gasteiger partial charge >= 0.3 is 5.97 Å². The van der Waals surface area contributed by atoms with Crippen molar-refractivity contribution >= 4 is 33.4 Å². The molecule has 2 aromatic carbocycles. The first kappa shape index (κ1) is 21.4. The third-order valence-electron chi connectivity index (χ3n) is 4.61. The zero-order chi connectivity index (χ0) is 21.0. The number of carbonyl (C=O) groups is 2. The summed E-state index contributed by atoms with van der Waals surface area (Å²) in [5.74, 6) is -1.93. The highest BCUT2D eigenvalue weighted by atomic mass is 35.5. The molecule has 0 bridgehead atoms. The summed E-state index contributed by atoms with van der Waals surface area (Å²) in [4.78, 5) is 24.4. The van der Waals surface area contributed by atoms with Gasteiger partial charge in [-0.15, -0.1) is 0 Å². The predicted octanol–water partition coefficient (Wildman–Crippen LogP) is 3.69. The molecule has 1 heterocycles. The lowest BCUT2D eigenvalue weighted by molar-refractivity contribution is 0.0474. The summed E-state index contributed by atoms with van der Waals surface area (Å²) in [6.07, 6.45) is 2.55. The Labute approximate surface area is 173 Å². The number of ketones is 1. The fourth-order valence-corrected chi connectivity index (χ4v) is 4.74. The number of halogens is 2. The van der Waals surface area contributed by atoms with Gasteiger partial charge in [0.25, 0.3) is 0 Å². The van der Waals surface area contributed by atoms with Gasteiger partial charge in [-0.1, -0.05) is 18.0 Å². The maximum atomic E-state index is 12.9. The predicted molar refractivity (Wildman–Crippen MR) is 105 cm³/mol. The smallest absolute Gasteiger partial charge is 0.340 e. The van der Waals surface area contributed by atoms with Gasteiger partial charge in [-0.2, -0.15) is 4.31 Å². The second-order valence-electron chi connectivity index (χ2n) is 6.61. The standard InChI is InChI=1S/C20H19ClFNO5S/c21-18-9-8-16(29(26,27)23-10-2-1-3-11-23)12-17(18)20(25)28-13-19(24)14-4-6-15(22)7-5-14/h4-9,12H,1-3,10-11,13H2. The van der Waals surface area contributed by atoms with Gasteiger partial charge in [-0.25, -0.2) is 17.6 Å². The second kappa shape index (κ2) is 9.02. The number of carbonyl (C=O) groups excluding carboxylic acids is 2. The van der Waals surface area contributed by atoms with Gasteiger partial charge < -0.3 is 4.74 Å². The highest BCUT2D eigenvalue weighted by molar-refractivity contribution is 7.89. The van der Waals surface area contributed by atoms with Crippen LogP contribution in [0.5, 0.6) is 0 Å². The molecule has 1 aliphatic rings. The number of esters is 1. The Morgan fingerprint density at radius 1 is 1.03 bits per heavy atom. The monoisotopic (exact) mass is 439 g/mol. The number of benzene rings is 2. The highest BCUT2D eigenvalue weighted by Gasteiger charge is 2.27. The molecule has 3 rings (SSSR count). The summed E-state index contributed by atoms with van der Waals surface area (Å²) in [7, 11) is -3.75. The molecule has 0 N–H and O–H groups in total. The molecule has 0 unspecified atom stereocenters. The molecule has 0 saturated carbocycles. The molecule has 0 aliphatic carbocycles. The molecule has 154 valence electrons. The molecule has 29 heavy (non-hydrogen) atoms. The van der Waals surface area contributed by atoms with E-state index in [9.17, 15) is 22.4 Å². The molecule has 2 aromatic rings. The molecule has 0 amide bonds. The maximum absolute atomic E-state index is 12.9. The third kappa shape index (κ3) is 5.01. The Morgan fingerprint density at radius 3 is 2.34 bits per heavy atom. The van der Waals surface area contributed by atoms with Crippen LogP contribution >= 0.6 is 11.6 Å². The fourth-order valence-electron chi connectivity index (χ4n) is 3.00. The van der Waals surface area contributed by atoms with Crippen LogP contribution in [0.2, 0.25) is 5.02 Å². The summed E-state index contributed by atoms with van der Waals surface area (Å²) in [5, 5.41) is 0.0156. The molecule has 0 aromatic heterocycles. The Bertz CT molecular complexity index is 1020. The highest BCUT2D eigenvalue weighted by Crippen LogP contribution is 2.25. The van der Waals surface area contributed by atoms with Crippen molar-refractivity contribution < 1.29 is 27.1 Å². The first-order valence-electron chi connectivity index (χ1n) is 9.04. The zero-order valence-electron chi connectivity index (χ0n) is 15.4. The van der Waals surface area contributed by atoms with Crippen LogP contribution < -0.4 is 0 Å². The van der Waals surface area contributed by atoms with Crippen LogP contribution in [-0.2, 0) is 14.8 Å². The Kier molecular flexibility index (Phi) is 6.66. The lowest BCUT2D eigenvalue weighted by Gasteiger charge is -2.26. The van der Waals surface area contributed by atoms with E-state index in [4.69, 9.17) is 16.3 Å². The average molecular weight is 440 g/mol. The lowest BCUT2D eigenvalue weighted by Crippen LogP contribution is -2.35. The van der Waals surface area contributed by atoms with Gasteiger partial charge in [0, 0.05) is 18.7 Å². The SMILES string of the molecule is O=C(COC(=O)c1cc(S(=O)(=O)N2CCCCC2)ccc1Cl)c1ccc(F)cc1. The van der Waals surface area contributed by atoms with Crippen LogP contribution in [0.15, 0.2) is 47.4 Å². The Morgan fingerprint density at radius 2 is 1.69 bits per heavy atom. The van der Waals surface area contributed by atoms with E-state index in [0.29, 0.717) is 13.1 Å². The van der Waals surface area contributed by atoms with Crippen molar-refractivity contribution in [2.75, 3.05) is 19.7 Å². The van der Waals surface area contributed by atoms with Crippen LogP contribution in [0.3, 0.4) is 0 Å². The number of hydrogen-bond donors (Lipinski definition) is 0. The van der Waals surface area contributed by atoms with Gasteiger partial charge in [0.2, 0.25) is 10.0 Å². The number of rotatable bonds is 6. The minimum absolute atomic E-state index is 0.0156. The first-order chi connectivity index (χ1) is 13.8. The van der Waals surface area contributed by atoms with Crippen LogP contribution in [-0.4, -0.2) is 44.2 Å². The molecular weight excluding hydrogens is 421 g/mol. The molecule has 1 aliphatic heterocycles. The average Bonchev–Trinajstić information content (AvgIpc) is 2.73. The van der Waals surface area contributed by atoms with Gasteiger partial charge in [0.15, 0.2) is 12.4 Å². The molecule has 6 nitrogen and oxygen atoms in total. The molecule has 0 radical (unpaired) electrons. The normalized spacial score (nSPS) is 15.1. The van der Waals surface area contributed by atoms with E-state index in [1.54, 1.807) is 0 Å². The number of ether oxygens (including phenoxy) is 1. The van der Waals surface area contributed by atoms with Crippen molar-refractivity contribution in [3.05, 3.63) is 64.4 Å². The van der Waals surface area contributed by atoms with Crippen molar-refractivity contribution in [3.8, 4) is 0 Å². The van der Waals surface area contributed by atoms with Crippen LogP contribution in [0.25, 0.3) is 0 Å². The van der Waals surface area contributed by atoms with Crippen molar-refractivity contribution in [1.82, 2.24) is 4.31 Å². The lowest BCUT2D eigenvalue weighted by atomic mass is 10.1. The number of piperidine rings is 1. The summed E-state index contributed by atoms with van der Waals surface area (Å²) < 4.78 is 44.9. The number of nitrogens with zero attached hydrogens (tertiary/aromatic N) is 1. The molecule has 0 atom stereocenters. The zero-order valence-corrected chi connectivity index (χ0v) is 17.0. The largest absolute Gasteiger partial charge is 0.454 e. The van der Waals surface area contributed by atoms with E-state index in [0.717, 1.165) is 37.5 Å². The quantitative estimate of drug-likeness (QED) is 0.506. The van der Waals surface area contributed by atoms with Crippen molar-refractivity contribution in [1.29, 1.82) is 0 Å². The first-order valence-corrected chi connectivity index (χ1v) is 10.9. The minimum Gasteiger partial charge on any atom is -0.454 e. The number of hydrogen-bond acceptors (Lipinski definition) is 5. The van der Waals surface area contributed by atoms with Gasteiger partial charge in [0.1, 0.15) is 5.82 Å². The number of Topliss-reactive ketones (excluding diaryl/α,β-unsaturated/α-hetero) is 1. The van der Waals surface area contributed by atoms with E-state index in [2.05, 4.69) is 0 Å². The van der Waals surface area contributed by atoms with E-state index < -0.39 is 34.2 Å². The Balaban J connectivity index is 1.74. The molecule has 1 fully saturated rings. The van der Waals surface area contributed by atoms with E-state index >= 15 is 0 Å². The molecule has 1 saturated heterocycles. The van der Waals surface area contributed by atoms with E-state index in [-0.39, 0.29) is 21.0 Å². The maximum Gasteiger partial charge on any atom is 0.340 e. The van der Waals surface area contributed by atoms with E-state index in [1.165, 1.54) is 28.6 Å². The second-order valence-corrected chi connectivity index (χ2v) is 8.96. The van der Waals surface area contributed by atoms with Crippen molar-refractivity contribution in [2.45, 2.75) is 24.2 Å².